The van der Waals surface area contributed by atoms with Crippen LogP contribution in [0.5, 0.6) is 0 Å². The number of thiocarbonyl (C=S) groups is 2. The third-order valence-corrected chi connectivity index (χ3v) is 13.6. The van der Waals surface area contributed by atoms with Crippen molar-refractivity contribution >= 4 is 149 Å². The highest BCUT2D eigenvalue weighted by atomic mass is 35.6. The summed E-state index contributed by atoms with van der Waals surface area (Å²) in [6.45, 7) is 3.10. The topological polar surface area (TPSA) is 122 Å². The van der Waals surface area contributed by atoms with Crippen molar-refractivity contribution in [3.63, 3.8) is 0 Å². The molecule has 5 atom stereocenters. The lowest BCUT2D eigenvalue weighted by Crippen LogP contribution is -2.62. The second-order valence-corrected chi connectivity index (χ2v) is 22.1. The van der Waals surface area contributed by atoms with Crippen LogP contribution in [0.15, 0.2) is 66.8 Å². The van der Waals surface area contributed by atoms with Crippen LogP contribution in [-0.2, 0) is 9.59 Å². The lowest BCUT2D eigenvalue weighted by Gasteiger charge is -2.47. The Bertz CT molecular complexity index is 2000. The molecule has 2 amide bonds. The highest BCUT2D eigenvalue weighted by Gasteiger charge is 2.40. The Balaban J connectivity index is 0.000000231. The molecular formula is C42H52Cl6N8O2S3. The third-order valence-electron chi connectivity index (χ3n) is 10.9. The van der Waals surface area contributed by atoms with Crippen molar-refractivity contribution in [2.45, 2.75) is 103 Å². The number of piperidine rings is 1. The van der Waals surface area contributed by atoms with Gasteiger partial charge in [0.15, 0.2) is 15.4 Å². The predicted octanol–water partition coefficient (Wildman–Crippen LogP) is 10.1. The van der Waals surface area contributed by atoms with Gasteiger partial charge in [-0.25, -0.2) is 4.98 Å². The van der Waals surface area contributed by atoms with Crippen molar-refractivity contribution in [1.29, 1.82) is 0 Å². The maximum absolute atomic E-state index is 12.5. The van der Waals surface area contributed by atoms with Gasteiger partial charge < -0.3 is 36.8 Å². The normalized spacial score (nSPS) is 21.1. The average Bonchev–Trinajstić information content (AvgIpc) is 3.63. The van der Waals surface area contributed by atoms with Gasteiger partial charge in [0.2, 0.25) is 19.4 Å². The van der Waals surface area contributed by atoms with Crippen molar-refractivity contribution in [1.82, 2.24) is 36.5 Å². The number of allylic oxidation sites excluding steroid dienone is 1. The van der Waals surface area contributed by atoms with E-state index < -0.39 is 25.8 Å². The van der Waals surface area contributed by atoms with Crippen molar-refractivity contribution in [2.75, 3.05) is 18.9 Å². The predicted molar refractivity (Wildman–Crippen MR) is 265 cm³/mol. The standard InChI is InChI=1S/C22H35Cl3N4OS.C20H17Cl3N4OS2/c1-29-14-6-10-16-9-5-11-17(19(16)29)26-21(31)28-20(22(23,24)25)27-18(30)13-12-15-7-3-2-4-8-15;1-12-6-5-9-14-16(12)25-19(30-14)27-18(29)26-17(20(21,22)23)24-15(28)11-10-13-7-3-2-4-8-13/h12-13,15-17,19-20H,2-11,14H2,1H3,(H,27,30)(H2,26,28,31);2-11,17H,1H3,(H,24,28)(H2,25,26,27,29)/b13-12+;11-10+. The van der Waals surface area contributed by atoms with Crippen LogP contribution < -0.4 is 31.9 Å². The molecule has 332 valence electrons. The van der Waals surface area contributed by atoms with Crippen LogP contribution >= 0.6 is 105 Å². The number of thiazole rings is 1. The molecule has 6 rings (SSSR count). The van der Waals surface area contributed by atoms with Crippen LogP contribution in [0.25, 0.3) is 16.3 Å². The second-order valence-electron chi connectivity index (χ2n) is 15.5. The number of hydrogen-bond donors (Lipinski definition) is 6. The number of carbonyl (C=O) groups excluding carboxylic acids is 2. The molecule has 19 heteroatoms. The number of aromatic nitrogens is 1. The van der Waals surface area contributed by atoms with Gasteiger partial charge in [-0.05, 0) is 125 Å². The van der Waals surface area contributed by atoms with E-state index >= 15 is 0 Å². The zero-order valence-corrected chi connectivity index (χ0v) is 40.9. The zero-order chi connectivity index (χ0) is 44.2. The summed E-state index contributed by atoms with van der Waals surface area (Å²) in [5.74, 6) is 0.414. The van der Waals surface area contributed by atoms with E-state index in [2.05, 4.69) is 48.8 Å². The largest absolute Gasteiger partial charge is 0.358 e. The smallest absolute Gasteiger partial charge is 0.245 e. The number of fused-ring (bicyclic) bond motifs is 2. The zero-order valence-electron chi connectivity index (χ0n) is 33.9. The van der Waals surface area contributed by atoms with Gasteiger partial charge in [0.05, 0.1) is 10.2 Å². The highest BCUT2D eigenvalue weighted by molar-refractivity contribution is 7.80. The quantitative estimate of drug-likeness (QED) is 0.0507. The van der Waals surface area contributed by atoms with Gasteiger partial charge in [-0.15, -0.1) is 0 Å². The van der Waals surface area contributed by atoms with Gasteiger partial charge in [0.1, 0.15) is 12.3 Å². The van der Waals surface area contributed by atoms with Crippen molar-refractivity contribution < 1.29 is 9.59 Å². The first-order valence-corrected chi connectivity index (χ1v) is 24.2. The number of likely N-dealkylation sites (tertiary alicyclic amines) is 1. The van der Waals surface area contributed by atoms with Crippen LogP contribution in [0.2, 0.25) is 0 Å². The molecule has 1 saturated heterocycles. The molecule has 5 unspecified atom stereocenters. The minimum absolute atomic E-state index is 0.162. The fourth-order valence-electron chi connectivity index (χ4n) is 7.97. The molecule has 2 saturated carbocycles. The molecule has 10 nitrogen and oxygen atoms in total. The third kappa shape index (κ3) is 16.1. The monoisotopic (exact) mass is 1010 g/mol. The Morgan fingerprint density at radius 1 is 0.787 bits per heavy atom. The number of nitrogens with one attached hydrogen (secondary N) is 6. The fourth-order valence-corrected chi connectivity index (χ4v) is 10.1. The minimum Gasteiger partial charge on any atom is -0.358 e. The molecule has 3 aliphatic rings. The molecule has 2 aromatic carbocycles. The van der Waals surface area contributed by atoms with Crippen LogP contribution in [0.1, 0.15) is 75.3 Å². The maximum Gasteiger partial charge on any atom is 0.245 e. The lowest BCUT2D eigenvalue weighted by atomic mass is 9.76. The number of hydrogen-bond acceptors (Lipinski definition) is 7. The van der Waals surface area contributed by atoms with Crippen molar-refractivity contribution in [3.05, 3.63) is 77.9 Å². The van der Waals surface area contributed by atoms with Gasteiger partial charge >= 0.3 is 0 Å². The molecule has 3 aromatic rings. The van der Waals surface area contributed by atoms with Crippen molar-refractivity contribution in [3.8, 4) is 0 Å². The molecule has 0 radical (unpaired) electrons. The van der Waals surface area contributed by atoms with Gasteiger partial charge in [0, 0.05) is 18.2 Å². The van der Waals surface area contributed by atoms with E-state index in [1.807, 2.05) is 61.5 Å². The molecule has 0 bridgehead atoms. The first-order valence-electron chi connectivity index (χ1n) is 20.3. The van der Waals surface area contributed by atoms with E-state index in [4.69, 9.17) is 94.0 Å². The van der Waals surface area contributed by atoms with Crippen LogP contribution in [0, 0.1) is 18.8 Å². The molecule has 2 aliphatic carbocycles. The molecule has 1 aromatic heterocycles. The number of benzene rings is 2. The summed E-state index contributed by atoms with van der Waals surface area (Å²) in [4.78, 5) is 31.7. The summed E-state index contributed by atoms with van der Waals surface area (Å²) < 4.78 is -2.55. The lowest BCUT2D eigenvalue weighted by molar-refractivity contribution is -0.118. The van der Waals surface area contributed by atoms with E-state index in [9.17, 15) is 9.59 Å². The average molecular weight is 1010 g/mol. The van der Waals surface area contributed by atoms with Crippen molar-refractivity contribution in [2.24, 2.45) is 11.8 Å². The van der Waals surface area contributed by atoms with Crippen LogP contribution in [0.3, 0.4) is 0 Å². The summed E-state index contributed by atoms with van der Waals surface area (Å²) >= 11 is 48.8. The summed E-state index contributed by atoms with van der Waals surface area (Å²) in [6, 6.07) is 16.0. The highest BCUT2D eigenvalue weighted by Crippen LogP contribution is 2.35. The molecule has 1 aliphatic heterocycles. The Morgan fingerprint density at radius 3 is 2.08 bits per heavy atom. The van der Waals surface area contributed by atoms with E-state index in [1.54, 1.807) is 12.2 Å². The molecule has 6 N–H and O–H groups in total. The minimum atomic E-state index is -1.84. The number of rotatable bonds is 10. The Hall–Kier alpha value is -2.17. The van der Waals surface area contributed by atoms with E-state index in [0.717, 1.165) is 47.2 Å². The molecular weight excluding hydrogens is 957 g/mol. The number of amides is 2. The van der Waals surface area contributed by atoms with Crippen LogP contribution in [-0.4, -0.2) is 77.5 Å². The number of alkyl halides is 6. The van der Waals surface area contributed by atoms with Gasteiger partial charge in [-0.2, -0.15) is 0 Å². The van der Waals surface area contributed by atoms with Gasteiger partial charge in [0.25, 0.3) is 0 Å². The fraction of sp³-hybridized carbons (Fsp3) is 0.500. The molecule has 61 heavy (non-hydrogen) atoms. The maximum atomic E-state index is 12.5. The summed E-state index contributed by atoms with van der Waals surface area (Å²) in [6.07, 6.45) is 16.6. The second kappa shape index (κ2) is 23.7. The first-order chi connectivity index (χ1) is 29.0. The Kier molecular flexibility index (Phi) is 19.3. The molecule has 0 spiro atoms. The number of nitrogens with zero attached hydrogens (tertiary/aromatic N) is 2. The van der Waals surface area contributed by atoms with Crippen LogP contribution in [0.4, 0.5) is 5.13 Å². The first kappa shape index (κ1) is 49.8. The van der Waals surface area contributed by atoms with Gasteiger partial charge in [-0.3, -0.25) is 9.59 Å². The van der Waals surface area contributed by atoms with Gasteiger partial charge in [-0.1, -0.05) is 155 Å². The number of likely N-dealkylation sites (N-methyl/N-ethyl adjacent to an activating group) is 1. The summed E-state index contributed by atoms with van der Waals surface area (Å²) in [5, 5.41) is 18.8. The summed E-state index contributed by atoms with van der Waals surface area (Å²) in [5.41, 5.74) is 2.83. The molecule has 2 heterocycles. The number of para-hydroxylation sites is 1. The Morgan fingerprint density at radius 2 is 1.43 bits per heavy atom. The number of halogens is 6. The number of aryl methyl sites for hydroxylation is 1. The molecule has 3 fully saturated rings. The van der Waals surface area contributed by atoms with E-state index in [-0.39, 0.29) is 17.1 Å². The van der Waals surface area contributed by atoms with E-state index in [1.165, 1.54) is 62.4 Å². The SMILES string of the molecule is CN1CCCC2CCCC(NC(=S)NC(NC(=O)/C=C/C3CCCCC3)C(Cl)(Cl)Cl)C21.Cc1cccc2sc(NC(=S)NC(NC(=O)/C=C/c3ccccc3)C(Cl)(Cl)Cl)nc12. The number of carbonyl (C=O) groups is 2. The van der Waals surface area contributed by atoms with E-state index in [0.29, 0.717) is 28.1 Å². The number of anilines is 1. The summed E-state index contributed by atoms with van der Waals surface area (Å²) in [7, 11) is 2.19. The Labute approximate surface area is 403 Å².